The standard InChI is InChI=1S/C19H31ClN4O2S.HI/c1-21-19(22-10-6-12-27(3,25)26)23-14-16-8-5-11-24(2)18(16)15-7-4-9-17(20)13-15;/h4,7,9,13,16,18H,5-6,8,10-12,14H2,1-3H3,(H2,21,22,23);1H. The quantitative estimate of drug-likeness (QED) is 0.240. The molecule has 2 rings (SSSR count). The molecule has 2 unspecified atom stereocenters. The zero-order chi connectivity index (χ0) is 19.9. The van der Waals surface area contributed by atoms with E-state index in [9.17, 15) is 8.42 Å². The SMILES string of the molecule is CN=C(NCCCS(C)(=O)=O)NCC1CCCN(C)C1c1cccc(Cl)c1.I. The van der Waals surface area contributed by atoms with Crippen LogP contribution in [0.1, 0.15) is 30.9 Å². The Morgan fingerprint density at radius 1 is 1.36 bits per heavy atom. The second-order valence-electron chi connectivity index (χ2n) is 7.25. The van der Waals surface area contributed by atoms with Gasteiger partial charge in [-0.25, -0.2) is 8.42 Å². The van der Waals surface area contributed by atoms with Gasteiger partial charge in [0.15, 0.2) is 5.96 Å². The van der Waals surface area contributed by atoms with E-state index in [2.05, 4.69) is 39.7 Å². The molecule has 1 aliphatic rings. The largest absolute Gasteiger partial charge is 0.356 e. The van der Waals surface area contributed by atoms with Crippen molar-refractivity contribution in [2.45, 2.75) is 25.3 Å². The molecule has 1 aromatic rings. The van der Waals surface area contributed by atoms with E-state index in [1.54, 1.807) is 7.05 Å². The average molecular weight is 543 g/mol. The lowest BCUT2D eigenvalue weighted by molar-refractivity contribution is 0.122. The molecular weight excluding hydrogens is 511 g/mol. The van der Waals surface area contributed by atoms with Crippen molar-refractivity contribution in [1.29, 1.82) is 0 Å². The molecule has 0 saturated carbocycles. The smallest absolute Gasteiger partial charge is 0.190 e. The number of sulfone groups is 1. The van der Waals surface area contributed by atoms with Crippen LogP contribution in [0.5, 0.6) is 0 Å². The molecule has 2 N–H and O–H groups in total. The molecule has 9 heteroatoms. The van der Waals surface area contributed by atoms with Crippen molar-refractivity contribution in [3.8, 4) is 0 Å². The topological polar surface area (TPSA) is 73.8 Å². The van der Waals surface area contributed by atoms with Crippen molar-refractivity contribution in [2.75, 3.05) is 45.7 Å². The van der Waals surface area contributed by atoms with Gasteiger partial charge in [0.1, 0.15) is 9.84 Å². The third-order valence-electron chi connectivity index (χ3n) is 4.94. The summed E-state index contributed by atoms with van der Waals surface area (Å²) in [6.07, 6.45) is 4.13. The van der Waals surface area contributed by atoms with E-state index in [-0.39, 0.29) is 29.7 Å². The normalized spacial score (nSPS) is 21.1. The Morgan fingerprint density at radius 2 is 2.11 bits per heavy atom. The predicted molar refractivity (Wildman–Crippen MR) is 129 cm³/mol. The molecule has 28 heavy (non-hydrogen) atoms. The fourth-order valence-electron chi connectivity index (χ4n) is 3.68. The molecule has 6 nitrogen and oxygen atoms in total. The van der Waals surface area contributed by atoms with Crippen molar-refractivity contribution in [3.63, 3.8) is 0 Å². The highest BCUT2D eigenvalue weighted by Crippen LogP contribution is 2.35. The molecule has 1 fully saturated rings. The highest BCUT2D eigenvalue weighted by atomic mass is 127. The van der Waals surface area contributed by atoms with E-state index in [0.29, 0.717) is 30.9 Å². The number of rotatable bonds is 7. The van der Waals surface area contributed by atoms with Gasteiger partial charge in [-0.15, -0.1) is 24.0 Å². The molecule has 0 aromatic heterocycles. The summed E-state index contributed by atoms with van der Waals surface area (Å²) >= 11 is 6.21. The van der Waals surface area contributed by atoms with Crippen LogP contribution in [0.2, 0.25) is 5.02 Å². The molecule has 1 heterocycles. The number of likely N-dealkylation sites (tertiary alicyclic amines) is 1. The molecule has 0 spiro atoms. The first kappa shape index (κ1) is 25.5. The lowest BCUT2D eigenvalue weighted by Crippen LogP contribution is -2.45. The fraction of sp³-hybridized carbons (Fsp3) is 0.632. The number of nitrogens with zero attached hydrogens (tertiary/aromatic N) is 2. The summed E-state index contributed by atoms with van der Waals surface area (Å²) in [4.78, 5) is 6.64. The average Bonchev–Trinajstić information content (AvgIpc) is 2.60. The van der Waals surface area contributed by atoms with E-state index in [0.717, 1.165) is 24.5 Å². The molecule has 1 saturated heterocycles. The summed E-state index contributed by atoms with van der Waals surface area (Å²) in [5.41, 5.74) is 1.24. The van der Waals surface area contributed by atoms with Gasteiger partial charge in [0.05, 0.1) is 5.75 Å². The van der Waals surface area contributed by atoms with Gasteiger partial charge in [-0.1, -0.05) is 23.7 Å². The number of hydrogen-bond donors (Lipinski definition) is 2. The van der Waals surface area contributed by atoms with Gasteiger partial charge < -0.3 is 10.6 Å². The summed E-state index contributed by atoms with van der Waals surface area (Å²) < 4.78 is 22.4. The Hall–Kier alpha value is -0.580. The first-order valence-electron chi connectivity index (χ1n) is 9.38. The highest BCUT2D eigenvalue weighted by molar-refractivity contribution is 14.0. The number of aliphatic imine (C=N–C) groups is 1. The van der Waals surface area contributed by atoms with Crippen LogP contribution < -0.4 is 10.6 Å². The minimum absolute atomic E-state index is 0. The second kappa shape index (κ2) is 12.2. The summed E-state index contributed by atoms with van der Waals surface area (Å²) in [6, 6.07) is 8.42. The van der Waals surface area contributed by atoms with E-state index in [4.69, 9.17) is 11.6 Å². The van der Waals surface area contributed by atoms with Gasteiger partial charge in [-0.3, -0.25) is 9.89 Å². The van der Waals surface area contributed by atoms with Crippen LogP contribution in [-0.2, 0) is 9.84 Å². The molecule has 1 aromatic carbocycles. The van der Waals surface area contributed by atoms with Crippen LogP contribution in [0.15, 0.2) is 29.3 Å². The third kappa shape index (κ3) is 8.42. The Kier molecular flexibility index (Phi) is 11.1. The zero-order valence-electron chi connectivity index (χ0n) is 16.8. The summed E-state index contributed by atoms with van der Waals surface area (Å²) in [5, 5.41) is 7.36. The predicted octanol–water partition coefficient (Wildman–Crippen LogP) is 2.94. The van der Waals surface area contributed by atoms with E-state index in [1.807, 2.05) is 12.1 Å². The Morgan fingerprint density at radius 3 is 2.75 bits per heavy atom. The maximum absolute atomic E-state index is 11.2. The van der Waals surface area contributed by atoms with Gasteiger partial charge in [0, 0.05) is 37.5 Å². The van der Waals surface area contributed by atoms with Crippen molar-refractivity contribution in [1.82, 2.24) is 15.5 Å². The Labute approximate surface area is 191 Å². The number of piperidine rings is 1. The lowest BCUT2D eigenvalue weighted by atomic mass is 9.85. The van der Waals surface area contributed by atoms with Gasteiger partial charge in [-0.2, -0.15) is 0 Å². The zero-order valence-corrected chi connectivity index (χ0v) is 20.7. The van der Waals surface area contributed by atoms with Crippen LogP contribution in [0.4, 0.5) is 0 Å². The van der Waals surface area contributed by atoms with E-state index < -0.39 is 9.84 Å². The number of halogens is 2. The molecule has 160 valence electrons. The van der Waals surface area contributed by atoms with Gasteiger partial charge in [0.2, 0.25) is 0 Å². The molecule has 0 aliphatic carbocycles. The number of nitrogens with one attached hydrogen (secondary N) is 2. The highest BCUT2D eigenvalue weighted by Gasteiger charge is 2.30. The van der Waals surface area contributed by atoms with Gasteiger partial charge in [-0.05, 0) is 56.5 Å². The molecule has 0 amide bonds. The maximum Gasteiger partial charge on any atom is 0.190 e. The third-order valence-corrected chi connectivity index (χ3v) is 6.20. The van der Waals surface area contributed by atoms with Crippen LogP contribution >= 0.6 is 35.6 Å². The Bertz CT molecular complexity index is 745. The number of hydrogen-bond acceptors (Lipinski definition) is 4. The van der Waals surface area contributed by atoms with E-state index in [1.165, 1.54) is 18.2 Å². The van der Waals surface area contributed by atoms with Gasteiger partial charge in [0.25, 0.3) is 0 Å². The van der Waals surface area contributed by atoms with Crippen LogP contribution in [0, 0.1) is 5.92 Å². The second-order valence-corrected chi connectivity index (χ2v) is 9.94. The fourth-order valence-corrected chi connectivity index (χ4v) is 4.55. The van der Waals surface area contributed by atoms with E-state index >= 15 is 0 Å². The number of benzene rings is 1. The van der Waals surface area contributed by atoms with Crippen LogP contribution in [0.25, 0.3) is 0 Å². The van der Waals surface area contributed by atoms with Crippen molar-refractivity contribution < 1.29 is 8.42 Å². The molecule has 0 bridgehead atoms. The monoisotopic (exact) mass is 542 g/mol. The van der Waals surface area contributed by atoms with Crippen molar-refractivity contribution >= 4 is 51.4 Å². The first-order valence-corrected chi connectivity index (χ1v) is 11.8. The molecular formula is C19H32ClIN4O2S. The minimum Gasteiger partial charge on any atom is -0.356 e. The Balaban J connectivity index is 0.00000392. The van der Waals surface area contributed by atoms with Crippen LogP contribution in [-0.4, -0.2) is 65.0 Å². The van der Waals surface area contributed by atoms with Crippen molar-refractivity contribution in [2.24, 2.45) is 10.9 Å². The van der Waals surface area contributed by atoms with Crippen molar-refractivity contribution in [3.05, 3.63) is 34.9 Å². The first-order chi connectivity index (χ1) is 12.8. The number of guanidine groups is 1. The minimum atomic E-state index is -2.92. The lowest BCUT2D eigenvalue weighted by Gasteiger charge is -2.40. The van der Waals surface area contributed by atoms with Gasteiger partial charge >= 0.3 is 0 Å². The maximum atomic E-state index is 11.2. The summed E-state index contributed by atoms with van der Waals surface area (Å²) in [7, 11) is 0.970. The molecule has 1 aliphatic heterocycles. The summed E-state index contributed by atoms with van der Waals surface area (Å²) in [6.45, 7) is 2.45. The summed E-state index contributed by atoms with van der Waals surface area (Å²) in [5.74, 6) is 1.33. The van der Waals surface area contributed by atoms with Crippen LogP contribution in [0.3, 0.4) is 0 Å². The molecule has 0 radical (unpaired) electrons. The molecule has 2 atom stereocenters.